The summed E-state index contributed by atoms with van der Waals surface area (Å²) in [6.45, 7) is 8.47. The highest BCUT2D eigenvalue weighted by Crippen LogP contribution is 2.36. The Morgan fingerprint density at radius 1 is 0.911 bits per heavy atom. The first-order chi connectivity index (χ1) is 21.7. The zero-order chi connectivity index (χ0) is 32.1. The van der Waals surface area contributed by atoms with Crippen molar-refractivity contribution in [2.75, 3.05) is 34.0 Å². The molecule has 0 radical (unpaired) electrons. The fourth-order valence-corrected chi connectivity index (χ4v) is 6.15. The number of hydrogen-bond acceptors (Lipinski definition) is 9. The van der Waals surface area contributed by atoms with E-state index >= 15 is 0 Å². The Morgan fingerprint density at radius 3 is 2.40 bits per heavy atom. The van der Waals surface area contributed by atoms with E-state index in [2.05, 4.69) is 11.9 Å². The maximum absolute atomic E-state index is 14.1. The van der Waals surface area contributed by atoms with E-state index in [0.29, 0.717) is 51.1 Å². The molecule has 0 amide bonds. The van der Waals surface area contributed by atoms with Gasteiger partial charge in [-0.1, -0.05) is 41.7 Å². The summed E-state index contributed by atoms with van der Waals surface area (Å²) >= 11 is 1.25. The molecule has 2 heterocycles. The number of carbonyl (C=O) groups is 1. The van der Waals surface area contributed by atoms with Gasteiger partial charge in [0.15, 0.2) is 16.3 Å². The normalized spacial score (nSPS) is 14.4. The summed E-state index contributed by atoms with van der Waals surface area (Å²) in [5.74, 6) is 1.88. The van der Waals surface area contributed by atoms with Gasteiger partial charge in [0.25, 0.3) is 5.56 Å². The van der Waals surface area contributed by atoms with Crippen LogP contribution in [-0.2, 0) is 9.53 Å². The molecule has 0 bridgehead atoms. The molecule has 45 heavy (non-hydrogen) atoms. The number of allylic oxidation sites excluding steroid dienone is 1. The summed E-state index contributed by atoms with van der Waals surface area (Å²) in [5.41, 5.74) is 4.24. The number of ether oxygens (including phenoxy) is 5. The van der Waals surface area contributed by atoms with Crippen molar-refractivity contribution < 1.29 is 28.5 Å². The van der Waals surface area contributed by atoms with Crippen LogP contribution in [0.1, 0.15) is 42.1 Å². The number of aryl methyl sites for hydroxylation is 2. The zero-order valence-corrected chi connectivity index (χ0v) is 27.0. The zero-order valence-electron chi connectivity index (χ0n) is 26.2. The Morgan fingerprint density at radius 2 is 1.67 bits per heavy atom. The molecule has 0 fully saturated rings. The van der Waals surface area contributed by atoms with E-state index in [9.17, 15) is 9.59 Å². The average molecular weight is 629 g/mol. The van der Waals surface area contributed by atoms with Crippen LogP contribution in [0.25, 0.3) is 6.08 Å². The highest BCUT2D eigenvalue weighted by molar-refractivity contribution is 7.07. The number of benzene rings is 3. The second kappa shape index (κ2) is 13.9. The molecule has 10 heteroatoms. The van der Waals surface area contributed by atoms with Crippen LogP contribution < -0.4 is 33.8 Å². The van der Waals surface area contributed by atoms with Crippen LogP contribution in [-0.4, -0.2) is 44.6 Å². The Kier molecular flexibility index (Phi) is 9.73. The highest BCUT2D eigenvalue weighted by Gasteiger charge is 2.34. The number of hydrogen-bond donors (Lipinski definition) is 0. The Bertz CT molecular complexity index is 1940. The first-order valence-corrected chi connectivity index (χ1v) is 15.4. The molecule has 1 aliphatic heterocycles. The SMILES string of the molecule is CCOC(=O)C1=C(C)N=c2sc(=Cc3ccccc3OCCOc3ccc(C)c(C)c3)c(=O)n2C1c1ccc(OC)c(OC)c1. The lowest BCUT2D eigenvalue weighted by molar-refractivity contribution is -0.139. The first-order valence-electron chi connectivity index (χ1n) is 14.6. The number of carbonyl (C=O) groups excluding carboxylic acids is 1. The van der Waals surface area contributed by atoms with Gasteiger partial charge in [-0.3, -0.25) is 9.36 Å². The van der Waals surface area contributed by atoms with E-state index in [1.807, 2.05) is 55.5 Å². The number of nitrogens with zero attached hydrogens (tertiary/aromatic N) is 2. The third kappa shape index (κ3) is 6.66. The van der Waals surface area contributed by atoms with Gasteiger partial charge >= 0.3 is 5.97 Å². The van der Waals surface area contributed by atoms with Gasteiger partial charge in [-0.25, -0.2) is 9.79 Å². The molecule has 4 aromatic rings. The quantitative estimate of drug-likeness (QED) is 0.172. The Hall–Kier alpha value is -4.83. The summed E-state index contributed by atoms with van der Waals surface area (Å²) in [6.07, 6.45) is 1.79. The minimum absolute atomic E-state index is 0.186. The fourth-order valence-electron chi connectivity index (χ4n) is 5.12. The van der Waals surface area contributed by atoms with Gasteiger partial charge in [-0.2, -0.15) is 0 Å². The molecule has 0 saturated carbocycles. The molecule has 1 unspecified atom stereocenters. The molecule has 1 aliphatic rings. The molecule has 234 valence electrons. The van der Waals surface area contributed by atoms with Gasteiger partial charge in [-0.05, 0) is 80.8 Å². The topological polar surface area (TPSA) is 97.6 Å². The van der Waals surface area contributed by atoms with Crippen molar-refractivity contribution >= 4 is 23.4 Å². The number of aromatic nitrogens is 1. The van der Waals surface area contributed by atoms with Crippen molar-refractivity contribution in [2.24, 2.45) is 4.99 Å². The van der Waals surface area contributed by atoms with Crippen molar-refractivity contribution in [3.63, 3.8) is 0 Å². The Balaban J connectivity index is 1.50. The van der Waals surface area contributed by atoms with Crippen molar-refractivity contribution in [1.82, 2.24) is 4.57 Å². The molecule has 1 atom stereocenters. The highest BCUT2D eigenvalue weighted by atomic mass is 32.1. The summed E-state index contributed by atoms with van der Waals surface area (Å²) in [4.78, 5) is 32.5. The van der Waals surface area contributed by atoms with Crippen LogP contribution >= 0.6 is 11.3 Å². The van der Waals surface area contributed by atoms with E-state index in [-0.39, 0.29) is 17.7 Å². The smallest absolute Gasteiger partial charge is 0.338 e. The molecule has 9 nitrogen and oxygen atoms in total. The standard InChI is InChI=1S/C35H36N2O7S/c1-7-42-34(39)31-23(4)36-35-37(32(31)25-13-15-28(40-5)29(19-25)41-6)33(38)30(45-35)20-24-10-8-9-11-27(24)44-17-16-43-26-14-12-21(2)22(3)18-26/h8-15,18-20,32H,7,16-17H2,1-6H3. The van der Waals surface area contributed by atoms with Gasteiger partial charge in [0, 0.05) is 5.56 Å². The molecule has 0 N–H and O–H groups in total. The van der Waals surface area contributed by atoms with Crippen molar-refractivity contribution in [1.29, 1.82) is 0 Å². The molecule has 5 rings (SSSR count). The summed E-state index contributed by atoms with van der Waals surface area (Å²) in [6, 6.07) is 18.0. The van der Waals surface area contributed by atoms with E-state index in [4.69, 9.17) is 23.7 Å². The lowest BCUT2D eigenvalue weighted by atomic mass is 9.95. The number of thiazole rings is 1. The second-order valence-corrected chi connectivity index (χ2v) is 11.4. The van der Waals surface area contributed by atoms with Gasteiger partial charge < -0.3 is 23.7 Å². The third-order valence-corrected chi connectivity index (χ3v) is 8.52. The molecule has 1 aromatic heterocycles. The molecular formula is C35H36N2O7S. The van der Waals surface area contributed by atoms with Crippen molar-refractivity contribution in [3.05, 3.63) is 114 Å². The molecular weight excluding hydrogens is 592 g/mol. The summed E-state index contributed by atoms with van der Waals surface area (Å²) in [7, 11) is 3.09. The molecule has 3 aromatic carbocycles. The van der Waals surface area contributed by atoms with Gasteiger partial charge in [0.05, 0.1) is 42.7 Å². The van der Waals surface area contributed by atoms with E-state index in [1.165, 1.54) is 28.6 Å². The number of esters is 1. The van der Waals surface area contributed by atoms with E-state index in [1.54, 1.807) is 39.2 Å². The Labute approximate surface area is 265 Å². The van der Waals surface area contributed by atoms with Crippen LogP contribution in [0.15, 0.2) is 81.7 Å². The fraction of sp³-hybridized carbons (Fsp3) is 0.286. The van der Waals surface area contributed by atoms with E-state index in [0.717, 1.165) is 16.9 Å². The lowest BCUT2D eigenvalue weighted by Crippen LogP contribution is -2.40. The first kappa shape index (κ1) is 31.6. The maximum Gasteiger partial charge on any atom is 0.338 e. The van der Waals surface area contributed by atoms with Crippen LogP contribution in [0.2, 0.25) is 0 Å². The van der Waals surface area contributed by atoms with Crippen molar-refractivity contribution in [2.45, 2.75) is 33.7 Å². The van der Waals surface area contributed by atoms with Gasteiger partial charge in [0.2, 0.25) is 0 Å². The average Bonchev–Trinajstić information content (AvgIpc) is 3.34. The van der Waals surface area contributed by atoms with Crippen molar-refractivity contribution in [3.8, 4) is 23.0 Å². The predicted octanol–water partition coefficient (Wildman–Crippen LogP) is 4.89. The minimum atomic E-state index is -0.781. The largest absolute Gasteiger partial charge is 0.493 e. The predicted molar refractivity (Wildman–Crippen MR) is 173 cm³/mol. The van der Waals surface area contributed by atoms with Crippen LogP contribution in [0, 0.1) is 13.8 Å². The van der Waals surface area contributed by atoms with Crippen LogP contribution in [0.5, 0.6) is 23.0 Å². The number of para-hydroxylation sites is 1. The van der Waals surface area contributed by atoms with Crippen LogP contribution in [0.4, 0.5) is 0 Å². The third-order valence-electron chi connectivity index (χ3n) is 7.53. The maximum atomic E-state index is 14.1. The summed E-state index contributed by atoms with van der Waals surface area (Å²) < 4.78 is 30.3. The van der Waals surface area contributed by atoms with Crippen LogP contribution in [0.3, 0.4) is 0 Å². The molecule has 0 saturated heterocycles. The number of rotatable bonds is 11. The number of methoxy groups -OCH3 is 2. The van der Waals surface area contributed by atoms with E-state index < -0.39 is 12.0 Å². The van der Waals surface area contributed by atoms with Gasteiger partial charge in [-0.15, -0.1) is 0 Å². The molecule has 0 spiro atoms. The monoisotopic (exact) mass is 628 g/mol. The molecule has 0 aliphatic carbocycles. The minimum Gasteiger partial charge on any atom is -0.493 e. The second-order valence-electron chi connectivity index (χ2n) is 10.4. The van der Waals surface area contributed by atoms with Gasteiger partial charge in [0.1, 0.15) is 24.7 Å². The summed E-state index contributed by atoms with van der Waals surface area (Å²) in [5, 5.41) is 0. The lowest BCUT2D eigenvalue weighted by Gasteiger charge is -2.25. The number of fused-ring (bicyclic) bond motifs is 1.